The SMILES string of the molecule is CCCCCC/C=C\C/C=C\CCCCCCCC(=O)OC(COC(=O)CCCCCCCCCCCCCCCCCC)COC1OC(CO)C(O)C(O)C1O. The third kappa shape index (κ3) is 30.0. The predicted octanol–water partition coefficient (Wildman–Crippen LogP) is 10.1. The molecular formula is C47H86O10. The number of aliphatic hydroxyl groups excluding tert-OH is 4. The van der Waals surface area contributed by atoms with E-state index in [1.165, 1.54) is 116 Å². The molecule has 57 heavy (non-hydrogen) atoms. The van der Waals surface area contributed by atoms with E-state index in [0.29, 0.717) is 6.42 Å². The summed E-state index contributed by atoms with van der Waals surface area (Å²) in [5.41, 5.74) is 0. The lowest BCUT2D eigenvalue weighted by Crippen LogP contribution is -2.59. The first-order chi connectivity index (χ1) is 27.8. The summed E-state index contributed by atoms with van der Waals surface area (Å²) in [6.07, 6.45) is 34.6. The first-order valence-corrected chi connectivity index (χ1v) is 23.4. The van der Waals surface area contributed by atoms with Crippen LogP contribution in [0.3, 0.4) is 0 Å². The molecule has 1 aliphatic rings. The molecule has 0 aliphatic carbocycles. The summed E-state index contributed by atoms with van der Waals surface area (Å²) in [5.74, 6) is -0.814. The molecule has 1 rings (SSSR count). The number of rotatable bonds is 39. The molecule has 6 unspecified atom stereocenters. The lowest BCUT2D eigenvalue weighted by Gasteiger charge is -2.39. The van der Waals surface area contributed by atoms with Crippen LogP contribution in [0.4, 0.5) is 0 Å². The van der Waals surface area contributed by atoms with Crippen LogP contribution in [-0.2, 0) is 28.5 Å². The summed E-state index contributed by atoms with van der Waals surface area (Å²) in [7, 11) is 0. The van der Waals surface area contributed by atoms with Crippen molar-refractivity contribution in [2.45, 2.75) is 243 Å². The molecule has 1 saturated heterocycles. The van der Waals surface area contributed by atoms with Crippen molar-refractivity contribution in [3.63, 3.8) is 0 Å². The zero-order chi connectivity index (χ0) is 41.6. The van der Waals surface area contributed by atoms with Crippen LogP contribution in [0.5, 0.6) is 0 Å². The van der Waals surface area contributed by atoms with Gasteiger partial charge >= 0.3 is 11.9 Å². The minimum absolute atomic E-state index is 0.217. The van der Waals surface area contributed by atoms with E-state index in [9.17, 15) is 30.0 Å². The average molecular weight is 811 g/mol. The van der Waals surface area contributed by atoms with Crippen molar-refractivity contribution in [3.05, 3.63) is 24.3 Å². The third-order valence-electron chi connectivity index (χ3n) is 10.8. The fourth-order valence-corrected chi connectivity index (χ4v) is 7.10. The highest BCUT2D eigenvalue weighted by Gasteiger charge is 2.44. The molecule has 0 saturated carbocycles. The highest BCUT2D eigenvalue weighted by Crippen LogP contribution is 2.23. The highest BCUT2D eigenvalue weighted by atomic mass is 16.7. The third-order valence-corrected chi connectivity index (χ3v) is 10.8. The van der Waals surface area contributed by atoms with Crippen molar-refractivity contribution in [3.8, 4) is 0 Å². The van der Waals surface area contributed by atoms with Gasteiger partial charge in [0.15, 0.2) is 12.4 Å². The molecule has 1 heterocycles. The first-order valence-electron chi connectivity index (χ1n) is 23.4. The van der Waals surface area contributed by atoms with Gasteiger partial charge in [0, 0.05) is 12.8 Å². The maximum atomic E-state index is 12.8. The van der Waals surface area contributed by atoms with Gasteiger partial charge in [-0.3, -0.25) is 9.59 Å². The summed E-state index contributed by atoms with van der Waals surface area (Å²) >= 11 is 0. The number of hydrogen-bond acceptors (Lipinski definition) is 10. The smallest absolute Gasteiger partial charge is 0.306 e. The van der Waals surface area contributed by atoms with Gasteiger partial charge in [-0.05, 0) is 44.9 Å². The molecule has 1 aliphatic heterocycles. The van der Waals surface area contributed by atoms with Crippen LogP contribution in [0.1, 0.15) is 206 Å². The average Bonchev–Trinajstić information content (AvgIpc) is 3.21. The Kier molecular flexibility index (Phi) is 35.8. The molecule has 0 aromatic rings. The van der Waals surface area contributed by atoms with Crippen molar-refractivity contribution < 1.29 is 49.0 Å². The van der Waals surface area contributed by atoms with E-state index in [2.05, 4.69) is 38.2 Å². The maximum Gasteiger partial charge on any atom is 0.306 e. The quantitative estimate of drug-likeness (QED) is 0.0268. The number of unbranched alkanes of at least 4 members (excludes halogenated alkanes) is 24. The first kappa shape index (κ1) is 53.2. The Balaban J connectivity index is 2.32. The number of carbonyl (C=O) groups excluding carboxylic acids is 2. The minimum atomic E-state index is -1.59. The second-order valence-corrected chi connectivity index (χ2v) is 16.2. The lowest BCUT2D eigenvalue weighted by atomic mass is 9.99. The molecule has 0 spiro atoms. The fraction of sp³-hybridized carbons (Fsp3) is 0.872. The van der Waals surface area contributed by atoms with Crippen LogP contribution in [-0.4, -0.2) is 89.0 Å². The molecule has 4 N–H and O–H groups in total. The van der Waals surface area contributed by atoms with E-state index in [4.69, 9.17) is 18.9 Å². The van der Waals surface area contributed by atoms with Gasteiger partial charge in [0.05, 0.1) is 13.2 Å². The largest absolute Gasteiger partial charge is 0.462 e. The Morgan fingerprint density at radius 2 is 0.982 bits per heavy atom. The summed E-state index contributed by atoms with van der Waals surface area (Å²) in [5, 5.41) is 40.1. The van der Waals surface area contributed by atoms with Crippen molar-refractivity contribution in [2.75, 3.05) is 19.8 Å². The number of aliphatic hydroxyl groups is 4. The van der Waals surface area contributed by atoms with Crippen molar-refractivity contribution >= 4 is 11.9 Å². The maximum absolute atomic E-state index is 12.8. The zero-order valence-corrected chi connectivity index (χ0v) is 36.3. The molecule has 0 radical (unpaired) electrons. The van der Waals surface area contributed by atoms with E-state index in [1.807, 2.05) is 0 Å². The van der Waals surface area contributed by atoms with Crippen LogP contribution in [0.25, 0.3) is 0 Å². The number of esters is 2. The van der Waals surface area contributed by atoms with Gasteiger partial charge in [0.1, 0.15) is 31.0 Å². The van der Waals surface area contributed by atoms with E-state index in [1.54, 1.807) is 0 Å². The van der Waals surface area contributed by atoms with Crippen molar-refractivity contribution in [1.29, 1.82) is 0 Å². The van der Waals surface area contributed by atoms with Gasteiger partial charge in [-0.1, -0.05) is 173 Å². The topological polar surface area (TPSA) is 152 Å². The Labute approximate surface area is 347 Å². The standard InChI is InChI=1S/C47H86O10/c1-3-5-7-9-11-13-15-17-19-21-23-25-27-29-31-33-35-42(49)54-38-40(39-55-47-46(53)45(52)44(51)41(37-48)57-47)56-43(50)36-34-32-30-28-26-24-22-20-18-16-14-12-10-8-6-4-2/h14,16,20,22,40-41,44-48,51-53H,3-13,15,17-19,21,23-39H2,1-2H3/b16-14-,22-20-. The summed E-state index contributed by atoms with van der Waals surface area (Å²) in [6, 6.07) is 0. The predicted molar refractivity (Wildman–Crippen MR) is 229 cm³/mol. The molecule has 0 bridgehead atoms. The molecule has 0 aromatic heterocycles. The Hall–Kier alpha value is -1.82. The summed E-state index contributed by atoms with van der Waals surface area (Å²) in [4.78, 5) is 25.3. The van der Waals surface area contributed by atoms with E-state index < -0.39 is 49.4 Å². The number of hydrogen-bond donors (Lipinski definition) is 4. The van der Waals surface area contributed by atoms with Gasteiger partial charge in [-0.2, -0.15) is 0 Å². The van der Waals surface area contributed by atoms with Crippen molar-refractivity contribution in [1.82, 2.24) is 0 Å². The highest BCUT2D eigenvalue weighted by molar-refractivity contribution is 5.70. The number of carbonyl (C=O) groups is 2. The van der Waals surface area contributed by atoms with Crippen molar-refractivity contribution in [2.24, 2.45) is 0 Å². The molecule has 334 valence electrons. The van der Waals surface area contributed by atoms with Crippen LogP contribution in [0.2, 0.25) is 0 Å². The molecule has 10 heteroatoms. The Bertz CT molecular complexity index is 985. The van der Waals surface area contributed by atoms with E-state index >= 15 is 0 Å². The number of ether oxygens (including phenoxy) is 4. The molecular weight excluding hydrogens is 725 g/mol. The molecule has 0 amide bonds. The van der Waals surface area contributed by atoms with Crippen LogP contribution in [0, 0.1) is 0 Å². The van der Waals surface area contributed by atoms with E-state index in [-0.39, 0.29) is 32.0 Å². The summed E-state index contributed by atoms with van der Waals surface area (Å²) < 4.78 is 22.2. The second-order valence-electron chi connectivity index (χ2n) is 16.2. The van der Waals surface area contributed by atoms with Gasteiger partial charge in [0.2, 0.25) is 0 Å². The molecule has 1 fully saturated rings. The number of allylic oxidation sites excluding steroid dienone is 4. The Morgan fingerprint density at radius 3 is 1.47 bits per heavy atom. The zero-order valence-electron chi connectivity index (χ0n) is 36.3. The molecule has 10 nitrogen and oxygen atoms in total. The van der Waals surface area contributed by atoms with Gasteiger partial charge in [0.25, 0.3) is 0 Å². The summed E-state index contributed by atoms with van der Waals surface area (Å²) in [6.45, 7) is 3.41. The minimum Gasteiger partial charge on any atom is -0.462 e. The van der Waals surface area contributed by atoms with Crippen LogP contribution in [0.15, 0.2) is 24.3 Å². The molecule has 0 aromatic carbocycles. The fourth-order valence-electron chi connectivity index (χ4n) is 7.10. The monoisotopic (exact) mass is 811 g/mol. The normalized spacial score (nSPS) is 20.4. The van der Waals surface area contributed by atoms with Crippen LogP contribution >= 0.6 is 0 Å². The Morgan fingerprint density at radius 1 is 0.544 bits per heavy atom. The van der Waals surface area contributed by atoms with Gasteiger partial charge < -0.3 is 39.4 Å². The van der Waals surface area contributed by atoms with Crippen LogP contribution < -0.4 is 0 Å². The second kappa shape index (κ2) is 38.4. The molecule has 6 atom stereocenters. The lowest BCUT2D eigenvalue weighted by molar-refractivity contribution is -0.305. The van der Waals surface area contributed by atoms with E-state index in [0.717, 1.165) is 57.8 Å². The van der Waals surface area contributed by atoms with Gasteiger partial charge in [-0.15, -0.1) is 0 Å². The van der Waals surface area contributed by atoms with Gasteiger partial charge in [-0.25, -0.2) is 0 Å².